The molecule has 1 heterocycles. The number of nitrogens with one attached hydrogen (secondary N) is 4. The van der Waals surface area contributed by atoms with Gasteiger partial charge in [-0.1, -0.05) is 15.9 Å². The summed E-state index contributed by atoms with van der Waals surface area (Å²) >= 11 is 3.34. The Morgan fingerprint density at radius 1 is 1.21 bits per heavy atom. The molecule has 2 rings (SSSR count). The molecule has 1 aromatic carbocycles. The average molecular weight is 420 g/mol. The van der Waals surface area contributed by atoms with E-state index in [2.05, 4.69) is 37.2 Å². The minimum atomic E-state index is -0.309. The van der Waals surface area contributed by atoms with Crippen LogP contribution >= 0.6 is 28.3 Å². The number of piperidine rings is 1. The molecule has 24 heavy (non-hydrogen) atoms. The Hall–Kier alpha value is -1.31. The predicted molar refractivity (Wildman–Crippen MR) is 102 cm³/mol. The number of carbonyl (C=O) groups excluding carboxylic acids is 2. The van der Waals surface area contributed by atoms with E-state index in [0.29, 0.717) is 24.7 Å². The fraction of sp³-hybridized carbons (Fsp3) is 0.500. The quantitative estimate of drug-likeness (QED) is 0.572. The molecule has 0 radical (unpaired) electrons. The lowest BCUT2D eigenvalue weighted by Gasteiger charge is -2.22. The Bertz CT molecular complexity index is 521. The fourth-order valence-electron chi connectivity index (χ4n) is 2.44. The molecule has 0 aromatic heterocycles. The molecular formula is C16H24BrClN4O2. The summed E-state index contributed by atoms with van der Waals surface area (Å²) < 4.78 is 0.952. The van der Waals surface area contributed by atoms with Crippen LogP contribution in [0.3, 0.4) is 0 Å². The number of benzene rings is 1. The van der Waals surface area contributed by atoms with Gasteiger partial charge in [0.1, 0.15) is 0 Å². The van der Waals surface area contributed by atoms with Gasteiger partial charge in [0.2, 0.25) is 5.91 Å². The maximum atomic E-state index is 11.8. The van der Waals surface area contributed by atoms with E-state index in [1.54, 1.807) is 12.1 Å². The summed E-state index contributed by atoms with van der Waals surface area (Å²) in [6.07, 6.45) is 2.60. The Balaban J connectivity index is 0.00000288. The number of rotatable bonds is 6. The largest absolute Gasteiger partial charge is 0.356 e. The summed E-state index contributed by atoms with van der Waals surface area (Å²) in [6.45, 7) is 3.06. The van der Waals surface area contributed by atoms with Crippen LogP contribution in [0.2, 0.25) is 0 Å². The number of hydrogen-bond donors (Lipinski definition) is 4. The normalized spacial score (nSPS) is 16.6. The monoisotopic (exact) mass is 418 g/mol. The lowest BCUT2D eigenvalue weighted by molar-refractivity contribution is -0.121. The second-order valence-electron chi connectivity index (χ2n) is 5.65. The molecule has 1 fully saturated rings. The third kappa shape index (κ3) is 7.99. The number of urea groups is 1. The molecule has 1 aromatic rings. The molecule has 1 unspecified atom stereocenters. The van der Waals surface area contributed by atoms with Crippen molar-refractivity contribution in [3.8, 4) is 0 Å². The van der Waals surface area contributed by atoms with Crippen LogP contribution in [0.1, 0.15) is 19.3 Å². The highest BCUT2D eigenvalue weighted by Crippen LogP contribution is 2.13. The first-order valence-electron chi connectivity index (χ1n) is 7.91. The number of amides is 3. The van der Waals surface area contributed by atoms with Gasteiger partial charge >= 0.3 is 6.03 Å². The van der Waals surface area contributed by atoms with Gasteiger partial charge in [-0.2, -0.15) is 0 Å². The van der Waals surface area contributed by atoms with Crippen molar-refractivity contribution in [2.45, 2.75) is 19.3 Å². The van der Waals surface area contributed by atoms with Crippen LogP contribution in [-0.4, -0.2) is 38.1 Å². The van der Waals surface area contributed by atoms with Crippen LogP contribution in [-0.2, 0) is 4.79 Å². The zero-order valence-electron chi connectivity index (χ0n) is 13.4. The first-order valence-corrected chi connectivity index (χ1v) is 8.70. The van der Waals surface area contributed by atoms with E-state index in [1.165, 1.54) is 6.42 Å². The lowest BCUT2D eigenvalue weighted by atomic mass is 10.00. The van der Waals surface area contributed by atoms with E-state index in [0.717, 1.165) is 24.0 Å². The van der Waals surface area contributed by atoms with Gasteiger partial charge in [-0.25, -0.2) is 4.79 Å². The highest BCUT2D eigenvalue weighted by atomic mass is 79.9. The predicted octanol–water partition coefficient (Wildman–Crippen LogP) is 2.50. The molecule has 134 valence electrons. The van der Waals surface area contributed by atoms with Gasteiger partial charge in [0.05, 0.1) is 0 Å². The zero-order chi connectivity index (χ0) is 16.5. The Kier molecular flexibility index (Phi) is 9.75. The van der Waals surface area contributed by atoms with Crippen molar-refractivity contribution in [1.82, 2.24) is 16.0 Å². The smallest absolute Gasteiger partial charge is 0.319 e. The number of carbonyl (C=O) groups is 2. The van der Waals surface area contributed by atoms with Crippen molar-refractivity contribution < 1.29 is 9.59 Å². The molecule has 4 N–H and O–H groups in total. The van der Waals surface area contributed by atoms with Crippen LogP contribution in [0.5, 0.6) is 0 Å². The second-order valence-corrected chi connectivity index (χ2v) is 6.57. The van der Waals surface area contributed by atoms with Gasteiger partial charge in [0, 0.05) is 29.7 Å². The first kappa shape index (κ1) is 20.7. The summed E-state index contributed by atoms with van der Waals surface area (Å²) in [6, 6.07) is 6.99. The molecular weight excluding hydrogens is 396 g/mol. The van der Waals surface area contributed by atoms with Gasteiger partial charge in [-0.3, -0.25) is 4.79 Å². The molecule has 1 aliphatic rings. The number of hydrogen-bond acceptors (Lipinski definition) is 3. The van der Waals surface area contributed by atoms with E-state index in [9.17, 15) is 9.59 Å². The summed E-state index contributed by atoms with van der Waals surface area (Å²) in [4.78, 5) is 23.5. The van der Waals surface area contributed by atoms with Crippen molar-refractivity contribution >= 4 is 46.0 Å². The third-order valence-corrected chi connectivity index (χ3v) is 4.26. The van der Waals surface area contributed by atoms with E-state index < -0.39 is 0 Å². The van der Waals surface area contributed by atoms with Crippen molar-refractivity contribution in [3.05, 3.63) is 28.7 Å². The summed E-state index contributed by atoms with van der Waals surface area (Å²) in [5.41, 5.74) is 0.708. The molecule has 8 heteroatoms. The third-order valence-electron chi connectivity index (χ3n) is 3.73. The highest BCUT2D eigenvalue weighted by Gasteiger charge is 2.13. The average Bonchev–Trinajstić information content (AvgIpc) is 2.56. The summed E-state index contributed by atoms with van der Waals surface area (Å²) in [5.74, 6) is 0.487. The number of anilines is 1. The van der Waals surface area contributed by atoms with Gasteiger partial charge < -0.3 is 21.3 Å². The maximum absolute atomic E-state index is 11.8. The van der Waals surface area contributed by atoms with E-state index in [-0.39, 0.29) is 30.8 Å². The van der Waals surface area contributed by atoms with Crippen molar-refractivity contribution in [1.29, 1.82) is 0 Å². The SMILES string of the molecule is Cl.O=C(CCNC(=O)Nc1ccc(Br)cc1)NCC1CCCNC1. The summed E-state index contributed by atoms with van der Waals surface area (Å²) in [5, 5.41) is 11.6. The van der Waals surface area contributed by atoms with Gasteiger partial charge in [0.25, 0.3) is 0 Å². The molecule has 3 amide bonds. The topological polar surface area (TPSA) is 82.3 Å². The van der Waals surface area contributed by atoms with Crippen LogP contribution in [0.4, 0.5) is 10.5 Å². The second kappa shape index (κ2) is 11.3. The molecule has 6 nitrogen and oxygen atoms in total. The standard InChI is InChI=1S/C16H23BrN4O2.ClH/c17-13-3-5-14(6-4-13)21-16(23)19-9-7-15(22)20-11-12-2-1-8-18-10-12;/h3-6,12,18H,1-2,7-11H2,(H,20,22)(H2,19,21,23);1H. The fourth-order valence-corrected chi connectivity index (χ4v) is 2.71. The highest BCUT2D eigenvalue weighted by molar-refractivity contribution is 9.10. The van der Waals surface area contributed by atoms with Crippen LogP contribution < -0.4 is 21.3 Å². The van der Waals surface area contributed by atoms with Crippen LogP contribution in [0.25, 0.3) is 0 Å². The van der Waals surface area contributed by atoms with Crippen LogP contribution in [0.15, 0.2) is 28.7 Å². The molecule has 0 bridgehead atoms. The number of halogens is 2. The zero-order valence-corrected chi connectivity index (χ0v) is 15.8. The minimum Gasteiger partial charge on any atom is -0.356 e. The Morgan fingerprint density at radius 2 is 1.96 bits per heavy atom. The molecule has 0 aliphatic carbocycles. The van der Waals surface area contributed by atoms with E-state index in [1.807, 2.05) is 12.1 Å². The minimum absolute atomic E-state index is 0. The molecule has 0 spiro atoms. The maximum Gasteiger partial charge on any atom is 0.319 e. The van der Waals surface area contributed by atoms with E-state index >= 15 is 0 Å². The van der Waals surface area contributed by atoms with Crippen molar-refractivity contribution in [3.63, 3.8) is 0 Å². The molecule has 1 saturated heterocycles. The van der Waals surface area contributed by atoms with Gasteiger partial charge in [-0.05, 0) is 56.1 Å². The van der Waals surface area contributed by atoms with Gasteiger partial charge in [0.15, 0.2) is 0 Å². The van der Waals surface area contributed by atoms with Crippen LogP contribution in [0, 0.1) is 5.92 Å². The van der Waals surface area contributed by atoms with Crippen molar-refractivity contribution in [2.24, 2.45) is 5.92 Å². The Labute approximate surface area is 157 Å². The molecule has 1 atom stereocenters. The van der Waals surface area contributed by atoms with Gasteiger partial charge in [-0.15, -0.1) is 12.4 Å². The first-order chi connectivity index (χ1) is 11.1. The summed E-state index contributed by atoms with van der Waals surface area (Å²) in [7, 11) is 0. The lowest BCUT2D eigenvalue weighted by Crippen LogP contribution is -2.39. The molecule has 1 aliphatic heterocycles. The van der Waals surface area contributed by atoms with Crippen molar-refractivity contribution in [2.75, 3.05) is 31.5 Å². The molecule has 0 saturated carbocycles. The Morgan fingerprint density at radius 3 is 2.62 bits per heavy atom. The van der Waals surface area contributed by atoms with E-state index in [4.69, 9.17) is 0 Å².